The predicted molar refractivity (Wildman–Crippen MR) is 95.6 cm³/mol. The van der Waals surface area contributed by atoms with Gasteiger partial charge in [0.2, 0.25) is 9.84 Å². The van der Waals surface area contributed by atoms with Crippen molar-refractivity contribution >= 4 is 21.6 Å². The molecule has 3 rings (SSSR count). The van der Waals surface area contributed by atoms with Gasteiger partial charge in [0.25, 0.3) is 0 Å². The summed E-state index contributed by atoms with van der Waals surface area (Å²) in [6.45, 7) is 0. The third kappa shape index (κ3) is 4.01. The first-order valence-corrected chi connectivity index (χ1v) is 10.2. The minimum absolute atomic E-state index is 0.334. The van der Waals surface area contributed by atoms with Crippen molar-refractivity contribution in [2.24, 2.45) is 7.05 Å². The second kappa shape index (κ2) is 7.73. The van der Waals surface area contributed by atoms with Gasteiger partial charge in [0.05, 0.1) is 10.5 Å². The van der Waals surface area contributed by atoms with Crippen molar-refractivity contribution in [2.45, 2.75) is 21.6 Å². The Morgan fingerprint density at radius 1 is 1.07 bits per heavy atom. The normalized spacial score (nSPS) is 11.9. The van der Waals surface area contributed by atoms with Crippen LogP contribution in [0.2, 0.25) is 0 Å². The van der Waals surface area contributed by atoms with Crippen molar-refractivity contribution < 1.29 is 21.6 Å². The van der Waals surface area contributed by atoms with Gasteiger partial charge in [-0.2, -0.15) is 8.78 Å². The maximum absolute atomic E-state index is 13.9. The molecule has 0 aliphatic carbocycles. The van der Waals surface area contributed by atoms with E-state index in [-0.39, 0.29) is 0 Å². The maximum atomic E-state index is 13.9. The van der Waals surface area contributed by atoms with E-state index in [0.717, 1.165) is 17.7 Å². The Balaban J connectivity index is 1.74. The molecule has 0 radical (unpaired) electrons. The third-order valence-electron chi connectivity index (χ3n) is 3.80. The van der Waals surface area contributed by atoms with E-state index >= 15 is 0 Å². The molecule has 0 saturated heterocycles. The van der Waals surface area contributed by atoms with Crippen molar-refractivity contribution in [3.63, 3.8) is 0 Å². The minimum atomic E-state index is -4.60. The Morgan fingerprint density at radius 3 is 2.37 bits per heavy atom. The van der Waals surface area contributed by atoms with E-state index in [1.807, 2.05) is 0 Å². The van der Waals surface area contributed by atoms with Crippen molar-refractivity contribution in [1.29, 1.82) is 0 Å². The summed E-state index contributed by atoms with van der Waals surface area (Å²) in [6.07, 6.45) is 0. The fourth-order valence-corrected chi connectivity index (χ4v) is 3.93. The lowest BCUT2D eigenvalue weighted by Crippen LogP contribution is -2.11. The van der Waals surface area contributed by atoms with Crippen LogP contribution in [0, 0.1) is 5.82 Å². The number of thioether (sulfide) groups is 1. The lowest BCUT2D eigenvalue weighted by atomic mass is 10.2. The molecule has 1 heterocycles. The molecule has 0 unspecified atom stereocenters. The maximum Gasteiger partial charge on any atom is 0.341 e. The second-order valence-corrected chi connectivity index (χ2v) is 8.44. The molecule has 0 aliphatic heterocycles. The van der Waals surface area contributed by atoms with Crippen molar-refractivity contribution in [2.75, 3.05) is 0 Å². The zero-order chi connectivity index (χ0) is 19.6. The summed E-state index contributed by atoms with van der Waals surface area (Å²) in [5.41, 5.74) is 1.06. The Labute approximate surface area is 158 Å². The van der Waals surface area contributed by atoms with E-state index in [9.17, 15) is 21.6 Å². The number of aromatic nitrogens is 3. The number of rotatable bonds is 6. The van der Waals surface area contributed by atoms with Crippen molar-refractivity contribution in [1.82, 2.24) is 14.8 Å². The van der Waals surface area contributed by atoms with Gasteiger partial charge < -0.3 is 4.57 Å². The standard InChI is InChI=1S/C17H14F3N3O2S2/c1-23-15(13-4-2-3-5-14(13)18)21-22-17(23)26-10-11-6-8-12(9-7-11)27(24,25)16(19)20/h2-9,16H,10H2,1H3. The van der Waals surface area contributed by atoms with Crippen LogP contribution in [-0.4, -0.2) is 28.9 Å². The van der Waals surface area contributed by atoms with Gasteiger partial charge in [-0.1, -0.05) is 36.0 Å². The molecular formula is C17H14F3N3O2S2. The predicted octanol–water partition coefficient (Wildman–Crippen LogP) is 3.91. The van der Waals surface area contributed by atoms with Crippen molar-refractivity contribution in [3.8, 4) is 11.4 Å². The summed E-state index contributed by atoms with van der Waals surface area (Å²) in [6, 6.07) is 11.5. The molecule has 0 aliphatic rings. The fraction of sp³-hybridized carbons (Fsp3) is 0.176. The average Bonchev–Trinajstić information content (AvgIpc) is 3.01. The molecule has 27 heavy (non-hydrogen) atoms. The fourth-order valence-electron chi connectivity index (χ4n) is 2.34. The van der Waals surface area contributed by atoms with Crippen LogP contribution < -0.4 is 0 Å². The first kappa shape index (κ1) is 19.4. The molecule has 0 amide bonds. The number of nitrogens with zero attached hydrogens (tertiary/aromatic N) is 3. The van der Waals surface area contributed by atoms with Gasteiger partial charge in [-0.25, -0.2) is 12.8 Å². The van der Waals surface area contributed by atoms with Crippen molar-refractivity contribution in [3.05, 3.63) is 59.9 Å². The lowest BCUT2D eigenvalue weighted by molar-refractivity contribution is 0.234. The molecule has 0 N–H and O–H groups in total. The zero-order valence-electron chi connectivity index (χ0n) is 14.0. The van der Waals surface area contributed by atoms with Gasteiger partial charge in [-0.05, 0) is 29.8 Å². The highest BCUT2D eigenvalue weighted by Gasteiger charge is 2.26. The molecule has 1 aromatic heterocycles. The van der Waals surface area contributed by atoms with Gasteiger partial charge in [-0.15, -0.1) is 10.2 Å². The minimum Gasteiger partial charge on any atom is -0.305 e. The summed E-state index contributed by atoms with van der Waals surface area (Å²) in [5, 5.41) is 8.60. The number of halogens is 3. The van der Waals surface area contributed by atoms with E-state index in [1.54, 1.807) is 29.8 Å². The topological polar surface area (TPSA) is 64.8 Å². The molecule has 0 spiro atoms. The molecule has 0 saturated carbocycles. The number of benzene rings is 2. The largest absolute Gasteiger partial charge is 0.341 e. The number of alkyl halides is 2. The van der Waals surface area contributed by atoms with Gasteiger partial charge in [0.15, 0.2) is 11.0 Å². The molecule has 0 bridgehead atoms. The Kier molecular flexibility index (Phi) is 5.56. The molecule has 10 heteroatoms. The molecular weight excluding hydrogens is 399 g/mol. The molecule has 3 aromatic rings. The monoisotopic (exact) mass is 413 g/mol. The van der Waals surface area contributed by atoms with Gasteiger partial charge in [0.1, 0.15) is 5.82 Å². The van der Waals surface area contributed by atoms with Crippen LogP contribution >= 0.6 is 11.8 Å². The smallest absolute Gasteiger partial charge is 0.305 e. The van der Waals surface area contributed by atoms with Gasteiger partial charge >= 0.3 is 5.76 Å². The third-order valence-corrected chi connectivity index (χ3v) is 6.29. The van der Waals surface area contributed by atoms with E-state index in [4.69, 9.17) is 0 Å². The van der Waals surface area contributed by atoms with Crippen LogP contribution in [0.15, 0.2) is 58.6 Å². The van der Waals surface area contributed by atoms with Crippen LogP contribution in [0.5, 0.6) is 0 Å². The summed E-state index contributed by atoms with van der Waals surface area (Å²) < 4.78 is 63.5. The van der Waals surface area contributed by atoms with E-state index < -0.39 is 26.3 Å². The average molecular weight is 413 g/mol. The highest BCUT2D eigenvalue weighted by atomic mass is 32.2. The van der Waals surface area contributed by atoms with E-state index in [2.05, 4.69) is 10.2 Å². The Morgan fingerprint density at radius 2 is 1.74 bits per heavy atom. The quantitative estimate of drug-likeness (QED) is 0.574. The van der Waals surface area contributed by atoms with Crippen LogP contribution in [0.4, 0.5) is 13.2 Å². The molecule has 2 aromatic carbocycles. The van der Waals surface area contributed by atoms with Gasteiger partial charge in [0, 0.05) is 12.8 Å². The highest BCUT2D eigenvalue weighted by molar-refractivity contribution is 7.98. The SMILES string of the molecule is Cn1c(SCc2ccc(S(=O)(=O)C(F)F)cc2)nnc1-c1ccccc1F. The Bertz CT molecular complexity index is 1050. The first-order chi connectivity index (χ1) is 12.8. The number of hydrogen-bond acceptors (Lipinski definition) is 5. The lowest BCUT2D eigenvalue weighted by Gasteiger charge is -2.06. The van der Waals surface area contributed by atoms with E-state index in [1.165, 1.54) is 30.0 Å². The second-order valence-electron chi connectivity index (χ2n) is 5.58. The zero-order valence-corrected chi connectivity index (χ0v) is 15.6. The summed E-state index contributed by atoms with van der Waals surface area (Å²) in [5.74, 6) is -3.05. The van der Waals surface area contributed by atoms with Crippen LogP contribution in [0.25, 0.3) is 11.4 Å². The molecule has 0 fully saturated rings. The van der Waals surface area contributed by atoms with Crippen LogP contribution in [-0.2, 0) is 22.6 Å². The van der Waals surface area contributed by atoms with Crippen LogP contribution in [0.3, 0.4) is 0 Å². The summed E-state index contributed by atoms with van der Waals surface area (Å²) >= 11 is 1.31. The summed E-state index contributed by atoms with van der Waals surface area (Å²) in [4.78, 5) is -0.424. The van der Waals surface area contributed by atoms with E-state index in [0.29, 0.717) is 22.3 Å². The van der Waals surface area contributed by atoms with Gasteiger partial charge in [-0.3, -0.25) is 0 Å². The first-order valence-electron chi connectivity index (χ1n) is 7.69. The molecule has 0 atom stereocenters. The van der Waals surface area contributed by atoms with Crippen LogP contribution in [0.1, 0.15) is 5.56 Å². The number of hydrogen-bond donors (Lipinski definition) is 0. The molecule has 142 valence electrons. The molecule has 5 nitrogen and oxygen atoms in total. The summed E-state index contributed by atoms with van der Waals surface area (Å²) in [7, 11) is -2.89. The number of sulfone groups is 1. The Hall–Kier alpha value is -2.33. The highest BCUT2D eigenvalue weighted by Crippen LogP contribution is 2.27.